The normalized spacial score (nSPS) is 14.1. The van der Waals surface area contributed by atoms with Crippen LogP contribution < -0.4 is 10.2 Å². The molecule has 0 unspecified atom stereocenters. The topological polar surface area (TPSA) is 52.9 Å². The van der Waals surface area contributed by atoms with Crippen molar-refractivity contribution in [3.05, 3.63) is 52.3 Å². The van der Waals surface area contributed by atoms with Crippen LogP contribution in [0, 0.1) is 0 Å². The molecule has 0 spiro atoms. The molecule has 27 heavy (non-hydrogen) atoms. The number of aromatic nitrogens is 1. The predicted octanol–water partition coefficient (Wildman–Crippen LogP) is 2.77. The number of hydrogen-bond acceptors (Lipinski definition) is 2. The van der Waals surface area contributed by atoms with Crippen LogP contribution >= 0.6 is 15.9 Å². The lowest BCUT2D eigenvalue weighted by Gasteiger charge is -2.30. The van der Waals surface area contributed by atoms with Gasteiger partial charge in [0, 0.05) is 49.7 Å². The zero-order valence-electron chi connectivity index (χ0n) is 16.1. The molecule has 1 aromatic heterocycles. The Morgan fingerprint density at radius 3 is 2.85 bits per heavy atom. The van der Waals surface area contributed by atoms with E-state index in [-0.39, 0.29) is 12.5 Å². The van der Waals surface area contributed by atoms with E-state index in [1.54, 1.807) is 7.05 Å². The molecule has 2 heterocycles. The number of aliphatic imine (C=N–C) groups is 1. The average Bonchev–Trinajstić information content (AvgIpc) is 2.98. The SMILES string of the molecule is CN=C(NCC(=O)N1CCCc2ccccc21)N(C)Cc1cc(Br)cn1C. The molecule has 144 valence electrons. The summed E-state index contributed by atoms with van der Waals surface area (Å²) in [5, 5.41) is 3.21. The number of aryl methyl sites for hydroxylation is 2. The van der Waals surface area contributed by atoms with Crippen molar-refractivity contribution in [3.63, 3.8) is 0 Å². The number of nitrogens with zero attached hydrogens (tertiary/aromatic N) is 4. The molecule has 0 fully saturated rings. The quantitative estimate of drug-likeness (QED) is 0.597. The van der Waals surface area contributed by atoms with Crippen LogP contribution in [0.3, 0.4) is 0 Å². The van der Waals surface area contributed by atoms with Crippen molar-refractivity contribution < 1.29 is 4.79 Å². The zero-order valence-corrected chi connectivity index (χ0v) is 17.7. The Balaban J connectivity index is 1.61. The van der Waals surface area contributed by atoms with Crippen LogP contribution in [0.1, 0.15) is 17.7 Å². The van der Waals surface area contributed by atoms with E-state index in [1.165, 1.54) is 5.56 Å². The van der Waals surface area contributed by atoms with Gasteiger partial charge in [-0.3, -0.25) is 9.79 Å². The van der Waals surface area contributed by atoms with Gasteiger partial charge in [-0.05, 0) is 46.5 Å². The standard InChI is InChI=1S/C20H26BrN5O/c1-22-20(25(3)14-17-11-16(21)13-24(17)2)23-12-19(27)26-10-6-8-15-7-4-5-9-18(15)26/h4-5,7,9,11,13H,6,8,10,12,14H2,1-3H3,(H,22,23). The number of fused-ring (bicyclic) bond motifs is 1. The first-order chi connectivity index (χ1) is 13.0. The number of carbonyl (C=O) groups excluding carboxylic acids is 1. The van der Waals surface area contributed by atoms with Crippen molar-refractivity contribution in [2.45, 2.75) is 19.4 Å². The third kappa shape index (κ3) is 4.53. The Bertz CT molecular complexity index is 845. The maximum absolute atomic E-state index is 12.8. The van der Waals surface area contributed by atoms with Crippen LogP contribution in [0.4, 0.5) is 5.69 Å². The maximum Gasteiger partial charge on any atom is 0.246 e. The molecule has 7 heteroatoms. The third-order valence-corrected chi connectivity index (χ3v) is 5.29. The first-order valence-corrected chi connectivity index (χ1v) is 9.89. The average molecular weight is 432 g/mol. The van der Waals surface area contributed by atoms with Gasteiger partial charge in [-0.1, -0.05) is 18.2 Å². The van der Waals surface area contributed by atoms with Crippen molar-refractivity contribution in [1.82, 2.24) is 14.8 Å². The fourth-order valence-electron chi connectivity index (χ4n) is 3.47. The minimum Gasteiger partial charge on any atom is -0.352 e. The Labute approximate surface area is 169 Å². The van der Waals surface area contributed by atoms with Crippen molar-refractivity contribution >= 4 is 33.5 Å². The van der Waals surface area contributed by atoms with E-state index in [0.717, 1.165) is 35.2 Å². The summed E-state index contributed by atoms with van der Waals surface area (Å²) in [4.78, 5) is 21.0. The van der Waals surface area contributed by atoms with E-state index in [9.17, 15) is 4.79 Å². The highest BCUT2D eigenvalue weighted by atomic mass is 79.9. The van der Waals surface area contributed by atoms with Gasteiger partial charge in [0.1, 0.15) is 0 Å². The molecule has 1 aliphatic heterocycles. The summed E-state index contributed by atoms with van der Waals surface area (Å²) in [6.45, 7) is 1.69. The van der Waals surface area contributed by atoms with E-state index < -0.39 is 0 Å². The Hall–Kier alpha value is -2.28. The molecule has 1 N–H and O–H groups in total. The van der Waals surface area contributed by atoms with Gasteiger partial charge in [-0.2, -0.15) is 0 Å². The lowest BCUT2D eigenvalue weighted by atomic mass is 10.0. The Kier molecular flexibility index (Phi) is 6.21. The van der Waals surface area contributed by atoms with Crippen molar-refractivity contribution in [1.29, 1.82) is 0 Å². The highest BCUT2D eigenvalue weighted by Gasteiger charge is 2.22. The molecular weight excluding hydrogens is 406 g/mol. The zero-order chi connectivity index (χ0) is 19.4. The van der Waals surface area contributed by atoms with Gasteiger partial charge < -0.3 is 19.7 Å². The number of benzene rings is 1. The van der Waals surface area contributed by atoms with Gasteiger partial charge in [0.25, 0.3) is 0 Å². The number of hydrogen-bond donors (Lipinski definition) is 1. The van der Waals surface area contributed by atoms with Gasteiger partial charge in [-0.25, -0.2) is 0 Å². The smallest absolute Gasteiger partial charge is 0.246 e. The fourth-order valence-corrected chi connectivity index (χ4v) is 4.04. The largest absolute Gasteiger partial charge is 0.352 e. The molecule has 1 aliphatic rings. The summed E-state index contributed by atoms with van der Waals surface area (Å²) in [5.41, 5.74) is 3.43. The number of halogens is 1. The molecule has 0 bridgehead atoms. The van der Waals surface area contributed by atoms with Crippen molar-refractivity contribution in [3.8, 4) is 0 Å². The van der Waals surface area contributed by atoms with Crippen LogP contribution in [0.5, 0.6) is 0 Å². The second-order valence-electron chi connectivity index (χ2n) is 6.80. The van der Waals surface area contributed by atoms with E-state index >= 15 is 0 Å². The first kappa shape index (κ1) is 19.5. The van der Waals surface area contributed by atoms with Crippen LogP contribution in [0.2, 0.25) is 0 Å². The maximum atomic E-state index is 12.8. The molecule has 0 aliphatic carbocycles. The van der Waals surface area contributed by atoms with Crippen molar-refractivity contribution in [2.24, 2.45) is 12.0 Å². The second-order valence-corrected chi connectivity index (χ2v) is 7.71. The highest BCUT2D eigenvalue weighted by molar-refractivity contribution is 9.10. The Morgan fingerprint density at radius 2 is 2.15 bits per heavy atom. The van der Waals surface area contributed by atoms with Gasteiger partial charge in [0.05, 0.1) is 13.1 Å². The van der Waals surface area contributed by atoms with Gasteiger partial charge >= 0.3 is 0 Å². The van der Waals surface area contributed by atoms with Crippen LogP contribution in [0.15, 0.2) is 46.0 Å². The lowest BCUT2D eigenvalue weighted by molar-refractivity contribution is -0.117. The first-order valence-electron chi connectivity index (χ1n) is 9.10. The highest BCUT2D eigenvalue weighted by Crippen LogP contribution is 2.26. The molecule has 6 nitrogen and oxygen atoms in total. The van der Waals surface area contributed by atoms with Crippen LogP contribution in [-0.2, 0) is 24.8 Å². The van der Waals surface area contributed by atoms with Gasteiger partial charge in [0.2, 0.25) is 5.91 Å². The summed E-state index contributed by atoms with van der Waals surface area (Å²) in [6, 6.07) is 10.2. The fraction of sp³-hybridized carbons (Fsp3) is 0.400. The monoisotopic (exact) mass is 431 g/mol. The second kappa shape index (κ2) is 8.61. The molecule has 0 atom stereocenters. The van der Waals surface area contributed by atoms with E-state index in [4.69, 9.17) is 0 Å². The number of anilines is 1. The predicted molar refractivity (Wildman–Crippen MR) is 113 cm³/mol. The molecule has 2 aromatic rings. The van der Waals surface area contributed by atoms with Gasteiger partial charge in [0.15, 0.2) is 5.96 Å². The summed E-state index contributed by atoms with van der Waals surface area (Å²) in [5.74, 6) is 0.768. The molecule has 0 saturated carbocycles. The lowest BCUT2D eigenvalue weighted by Crippen LogP contribution is -2.46. The number of para-hydroxylation sites is 1. The molecule has 0 saturated heterocycles. The van der Waals surface area contributed by atoms with Crippen LogP contribution in [0.25, 0.3) is 0 Å². The number of rotatable bonds is 4. The van der Waals surface area contributed by atoms with E-state index in [0.29, 0.717) is 12.5 Å². The summed E-state index contributed by atoms with van der Waals surface area (Å²) >= 11 is 3.50. The van der Waals surface area contributed by atoms with Crippen LogP contribution in [-0.4, -0.2) is 48.5 Å². The summed E-state index contributed by atoms with van der Waals surface area (Å²) in [6.07, 6.45) is 4.06. The van der Waals surface area contributed by atoms with E-state index in [1.807, 2.05) is 48.3 Å². The minimum absolute atomic E-state index is 0.0679. The molecule has 0 radical (unpaired) electrons. The molecule has 1 amide bonds. The molecule has 3 rings (SSSR count). The molecular formula is C20H26BrN5O. The Morgan fingerprint density at radius 1 is 1.37 bits per heavy atom. The summed E-state index contributed by atoms with van der Waals surface area (Å²) in [7, 11) is 5.72. The minimum atomic E-state index is 0.0679. The third-order valence-electron chi connectivity index (χ3n) is 4.86. The number of guanidine groups is 1. The van der Waals surface area contributed by atoms with Crippen molar-refractivity contribution in [2.75, 3.05) is 32.1 Å². The number of carbonyl (C=O) groups is 1. The molecule has 1 aromatic carbocycles. The summed E-state index contributed by atoms with van der Waals surface area (Å²) < 4.78 is 3.12. The van der Waals surface area contributed by atoms with Gasteiger partial charge in [-0.15, -0.1) is 0 Å². The van der Waals surface area contributed by atoms with E-state index in [2.05, 4.69) is 42.9 Å². The number of nitrogens with one attached hydrogen (secondary N) is 1. The number of amides is 1.